The van der Waals surface area contributed by atoms with Gasteiger partial charge in [0.1, 0.15) is 5.82 Å². The van der Waals surface area contributed by atoms with Gasteiger partial charge in [-0.3, -0.25) is 0 Å². The fourth-order valence-corrected chi connectivity index (χ4v) is 4.53. The quantitative estimate of drug-likeness (QED) is 0.456. The monoisotopic (exact) mass is 380 g/mol. The van der Waals surface area contributed by atoms with Crippen LogP contribution < -0.4 is 4.74 Å². The zero-order valence-electron chi connectivity index (χ0n) is 16.5. The van der Waals surface area contributed by atoms with E-state index in [1.54, 1.807) is 12.1 Å². The average molecular weight is 380 g/mol. The van der Waals surface area contributed by atoms with Crippen LogP contribution in [0.2, 0.25) is 0 Å². The second kappa shape index (κ2) is 7.90. The fourth-order valence-electron chi connectivity index (χ4n) is 4.53. The third kappa shape index (κ3) is 3.50. The average Bonchev–Trinajstić information content (AvgIpc) is 2.74. The lowest BCUT2D eigenvalue weighted by Gasteiger charge is -2.28. The van der Waals surface area contributed by atoms with E-state index in [2.05, 4.69) is 19.1 Å². The summed E-state index contributed by atoms with van der Waals surface area (Å²) in [7, 11) is 1.42. The Morgan fingerprint density at radius 3 is 2.39 bits per heavy atom. The molecule has 0 radical (unpaired) electrons. The molecule has 0 unspecified atom stereocenters. The normalized spacial score (nSPS) is 19.7. The third-order valence-electron chi connectivity index (χ3n) is 6.34. The van der Waals surface area contributed by atoms with Crippen LogP contribution in [-0.4, -0.2) is 7.11 Å². The van der Waals surface area contributed by atoms with Gasteiger partial charge in [0.15, 0.2) is 11.6 Å². The van der Waals surface area contributed by atoms with Crippen LogP contribution in [0.25, 0.3) is 21.9 Å². The number of halogens is 2. The molecule has 1 aliphatic carbocycles. The Morgan fingerprint density at radius 1 is 0.929 bits per heavy atom. The van der Waals surface area contributed by atoms with Crippen molar-refractivity contribution in [3.05, 3.63) is 65.7 Å². The molecule has 0 N–H and O–H groups in total. The van der Waals surface area contributed by atoms with Crippen molar-refractivity contribution in [2.75, 3.05) is 7.11 Å². The molecule has 1 saturated carbocycles. The molecule has 3 heteroatoms. The molecule has 3 aromatic rings. The van der Waals surface area contributed by atoms with Gasteiger partial charge >= 0.3 is 0 Å². The second-order valence-corrected chi connectivity index (χ2v) is 7.88. The van der Waals surface area contributed by atoms with Crippen LogP contribution in [0.4, 0.5) is 8.78 Å². The minimum absolute atomic E-state index is 0.160. The zero-order chi connectivity index (χ0) is 19.7. The summed E-state index contributed by atoms with van der Waals surface area (Å²) in [6.07, 6.45) is 6.28. The maximum absolute atomic E-state index is 15.2. The molecule has 3 aromatic carbocycles. The molecule has 0 bridgehead atoms. The number of methoxy groups -OCH3 is 1. The molecule has 1 aliphatic rings. The first-order valence-electron chi connectivity index (χ1n) is 10.2. The van der Waals surface area contributed by atoms with Gasteiger partial charge in [0.05, 0.1) is 7.11 Å². The number of fused-ring (bicyclic) bond motifs is 1. The van der Waals surface area contributed by atoms with Crippen molar-refractivity contribution >= 4 is 10.8 Å². The second-order valence-electron chi connectivity index (χ2n) is 7.88. The lowest BCUT2D eigenvalue weighted by molar-refractivity contribution is 0.319. The molecule has 0 saturated heterocycles. The lowest BCUT2D eigenvalue weighted by atomic mass is 9.77. The highest BCUT2D eigenvalue weighted by Gasteiger charge is 2.22. The van der Waals surface area contributed by atoms with Crippen molar-refractivity contribution < 1.29 is 13.5 Å². The summed E-state index contributed by atoms with van der Waals surface area (Å²) in [5.41, 5.74) is 2.23. The van der Waals surface area contributed by atoms with E-state index in [9.17, 15) is 4.39 Å². The molecule has 0 amide bonds. The van der Waals surface area contributed by atoms with E-state index in [0.29, 0.717) is 22.4 Å². The van der Waals surface area contributed by atoms with E-state index >= 15 is 4.39 Å². The molecule has 4 rings (SSSR count). The third-order valence-corrected chi connectivity index (χ3v) is 6.34. The largest absolute Gasteiger partial charge is 0.494 e. The maximum Gasteiger partial charge on any atom is 0.165 e. The smallest absolute Gasteiger partial charge is 0.165 e. The fraction of sp³-hybridized carbons (Fsp3) is 0.360. The topological polar surface area (TPSA) is 9.23 Å². The standard InChI is InChI=1S/C25H26F2O/c1-3-16-4-6-17(7-5-16)18-8-11-21-19(14-18)9-12-22(25(21)27)20-10-13-24(28-2)23(26)15-20/h8-17H,3-7H2,1-2H3/t16-,17-. The first kappa shape index (κ1) is 18.9. The van der Waals surface area contributed by atoms with Gasteiger partial charge in [-0.2, -0.15) is 0 Å². The Hall–Kier alpha value is -2.42. The van der Waals surface area contributed by atoms with E-state index in [4.69, 9.17) is 4.74 Å². The van der Waals surface area contributed by atoms with Crippen molar-refractivity contribution in [2.45, 2.75) is 44.9 Å². The molecule has 0 heterocycles. The summed E-state index contributed by atoms with van der Waals surface area (Å²) in [6.45, 7) is 2.27. The van der Waals surface area contributed by atoms with Crippen LogP contribution in [0.1, 0.15) is 50.5 Å². The number of rotatable bonds is 4. The highest BCUT2D eigenvalue weighted by molar-refractivity contribution is 5.89. The van der Waals surface area contributed by atoms with Gasteiger partial charge in [0.2, 0.25) is 0 Å². The molecule has 146 valence electrons. The minimum Gasteiger partial charge on any atom is -0.494 e. The molecule has 0 atom stereocenters. The van der Waals surface area contributed by atoms with Crippen LogP contribution in [-0.2, 0) is 0 Å². The van der Waals surface area contributed by atoms with Crippen LogP contribution in [0, 0.1) is 17.6 Å². The maximum atomic E-state index is 15.2. The molecule has 1 nitrogen and oxygen atoms in total. The minimum atomic E-state index is -0.488. The van der Waals surface area contributed by atoms with Crippen molar-refractivity contribution in [3.63, 3.8) is 0 Å². The molecule has 28 heavy (non-hydrogen) atoms. The summed E-state index contributed by atoms with van der Waals surface area (Å²) in [4.78, 5) is 0. The van der Waals surface area contributed by atoms with E-state index in [1.807, 2.05) is 12.1 Å². The molecular formula is C25H26F2O. The molecule has 0 aliphatic heterocycles. The molecule has 0 spiro atoms. The van der Waals surface area contributed by atoms with Gasteiger partial charge in [0.25, 0.3) is 0 Å². The van der Waals surface area contributed by atoms with E-state index in [0.717, 1.165) is 11.3 Å². The Bertz CT molecular complexity index is 987. The summed E-state index contributed by atoms with van der Waals surface area (Å²) >= 11 is 0. The van der Waals surface area contributed by atoms with E-state index in [-0.39, 0.29) is 11.6 Å². The summed E-state index contributed by atoms with van der Waals surface area (Å²) < 4.78 is 34.2. The zero-order valence-corrected chi connectivity index (χ0v) is 16.5. The van der Waals surface area contributed by atoms with E-state index < -0.39 is 5.82 Å². The predicted molar refractivity (Wildman–Crippen MR) is 111 cm³/mol. The number of hydrogen-bond acceptors (Lipinski definition) is 1. The lowest BCUT2D eigenvalue weighted by Crippen LogP contribution is -2.12. The van der Waals surface area contributed by atoms with Gasteiger partial charge in [-0.1, -0.05) is 49.7 Å². The van der Waals surface area contributed by atoms with Crippen molar-refractivity contribution in [3.8, 4) is 16.9 Å². The highest BCUT2D eigenvalue weighted by atomic mass is 19.1. The van der Waals surface area contributed by atoms with Crippen LogP contribution in [0.5, 0.6) is 5.75 Å². The Kier molecular flexibility index (Phi) is 5.34. The van der Waals surface area contributed by atoms with Gasteiger partial charge in [-0.15, -0.1) is 0 Å². The van der Waals surface area contributed by atoms with Gasteiger partial charge < -0.3 is 4.74 Å². The van der Waals surface area contributed by atoms with Gasteiger partial charge in [-0.25, -0.2) is 8.78 Å². The van der Waals surface area contributed by atoms with Crippen molar-refractivity contribution in [1.29, 1.82) is 0 Å². The van der Waals surface area contributed by atoms with Crippen LogP contribution in [0.15, 0.2) is 48.5 Å². The summed E-state index contributed by atoms with van der Waals surface area (Å²) in [6, 6.07) is 14.3. The summed E-state index contributed by atoms with van der Waals surface area (Å²) in [5.74, 6) is 0.806. The van der Waals surface area contributed by atoms with Gasteiger partial charge in [0, 0.05) is 10.9 Å². The highest BCUT2D eigenvalue weighted by Crippen LogP contribution is 2.39. The predicted octanol–water partition coefficient (Wildman–Crippen LogP) is 7.48. The Balaban J connectivity index is 1.66. The molecular weight excluding hydrogens is 354 g/mol. The number of benzene rings is 3. The number of hydrogen-bond donors (Lipinski definition) is 0. The van der Waals surface area contributed by atoms with E-state index in [1.165, 1.54) is 56.9 Å². The Labute approximate surface area is 165 Å². The van der Waals surface area contributed by atoms with Crippen LogP contribution in [0.3, 0.4) is 0 Å². The van der Waals surface area contributed by atoms with Crippen molar-refractivity contribution in [2.24, 2.45) is 5.92 Å². The summed E-state index contributed by atoms with van der Waals surface area (Å²) in [5, 5.41) is 1.49. The Morgan fingerprint density at radius 2 is 1.71 bits per heavy atom. The first-order chi connectivity index (χ1) is 13.6. The first-order valence-corrected chi connectivity index (χ1v) is 10.2. The van der Waals surface area contributed by atoms with Crippen molar-refractivity contribution in [1.82, 2.24) is 0 Å². The van der Waals surface area contributed by atoms with Gasteiger partial charge in [-0.05, 0) is 66.2 Å². The number of ether oxygens (including phenoxy) is 1. The molecule has 1 fully saturated rings. The van der Waals surface area contributed by atoms with Crippen LogP contribution >= 0.6 is 0 Å². The SMILES string of the molecule is CC[C@H]1CC[C@H](c2ccc3c(F)c(-c4ccc(OC)c(F)c4)ccc3c2)CC1. The molecule has 0 aromatic heterocycles.